The van der Waals surface area contributed by atoms with Crippen molar-refractivity contribution in [2.45, 2.75) is 64.8 Å². The van der Waals surface area contributed by atoms with E-state index in [0.29, 0.717) is 11.1 Å². The van der Waals surface area contributed by atoms with Gasteiger partial charge in [-0.05, 0) is 23.5 Å². The van der Waals surface area contributed by atoms with Gasteiger partial charge < -0.3 is 34.3 Å². The van der Waals surface area contributed by atoms with Crippen LogP contribution in [0.2, 0.25) is 0 Å². The summed E-state index contributed by atoms with van der Waals surface area (Å²) in [5.74, 6) is -4.97. The van der Waals surface area contributed by atoms with Crippen molar-refractivity contribution in [3.05, 3.63) is 23.5 Å². The standard InChI is InChI=1S/C22H31ClO10/c1-10(2)17(25)19(27)32-15-6-14-13(7-30-12(5)24)8-31-21(16(14)22(15,29)9-23)33-20(28)18(26)11(3)4/h6,8,10-11,15-18,21,25-26,29H,7,9H2,1-5H3. The molecule has 6 unspecified atom stereocenters. The van der Waals surface area contributed by atoms with E-state index in [0.717, 1.165) is 0 Å². The van der Waals surface area contributed by atoms with Crippen LogP contribution in [0.25, 0.3) is 0 Å². The molecule has 0 amide bonds. The fourth-order valence-electron chi connectivity index (χ4n) is 3.45. The summed E-state index contributed by atoms with van der Waals surface area (Å²) in [4.78, 5) is 36.0. The van der Waals surface area contributed by atoms with Gasteiger partial charge in [-0.1, -0.05) is 27.7 Å². The molecular formula is C22H31ClO10. The molecule has 0 radical (unpaired) electrons. The number of hydrogen-bond donors (Lipinski definition) is 3. The molecule has 0 saturated heterocycles. The van der Waals surface area contributed by atoms with Gasteiger partial charge in [0.2, 0.25) is 0 Å². The van der Waals surface area contributed by atoms with E-state index < -0.39 is 71.7 Å². The molecule has 0 spiro atoms. The normalized spacial score (nSPS) is 28.3. The Kier molecular flexibility index (Phi) is 8.92. The third-order valence-electron chi connectivity index (χ3n) is 5.55. The summed E-state index contributed by atoms with van der Waals surface area (Å²) >= 11 is 6.09. The fraction of sp³-hybridized carbons (Fsp3) is 0.682. The molecule has 0 aromatic rings. The minimum Gasteiger partial charge on any atom is -0.461 e. The highest BCUT2D eigenvalue weighted by molar-refractivity contribution is 6.18. The van der Waals surface area contributed by atoms with Gasteiger partial charge in [0, 0.05) is 12.5 Å². The molecule has 186 valence electrons. The predicted molar refractivity (Wildman–Crippen MR) is 114 cm³/mol. The van der Waals surface area contributed by atoms with E-state index in [-0.39, 0.29) is 6.61 Å². The molecule has 1 aliphatic heterocycles. The number of rotatable bonds is 9. The van der Waals surface area contributed by atoms with Gasteiger partial charge in [-0.25, -0.2) is 9.59 Å². The molecule has 10 nitrogen and oxygen atoms in total. The van der Waals surface area contributed by atoms with E-state index in [1.807, 2.05) is 0 Å². The van der Waals surface area contributed by atoms with Crippen LogP contribution in [-0.2, 0) is 33.3 Å². The average molecular weight is 491 g/mol. The summed E-state index contributed by atoms with van der Waals surface area (Å²) in [5, 5.41) is 31.5. The molecule has 0 bridgehead atoms. The van der Waals surface area contributed by atoms with E-state index >= 15 is 0 Å². The van der Waals surface area contributed by atoms with Gasteiger partial charge in [-0.3, -0.25) is 4.79 Å². The van der Waals surface area contributed by atoms with Crippen LogP contribution in [-0.4, -0.2) is 75.9 Å². The lowest BCUT2D eigenvalue weighted by Crippen LogP contribution is -2.55. The maximum atomic E-state index is 12.4. The lowest BCUT2D eigenvalue weighted by atomic mass is 9.82. The summed E-state index contributed by atoms with van der Waals surface area (Å²) in [6.45, 7) is 7.48. The average Bonchev–Trinajstić information content (AvgIpc) is 3.04. The Balaban J connectivity index is 2.41. The predicted octanol–water partition coefficient (Wildman–Crippen LogP) is 0.805. The number of fused-ring (bicyclic) bond motifs is 1. The van der Waals surface area contributed by atoms with Gasteiger partial charge in [-0.2, -0.15) is 0 Å². The molecule has 33 heavy (non-hydrogen) atoms. The first-order chi connectivity index (χ1) is 15.3. The quantitative estimate of drug-likeness (QED) is 0.241. The van der Waals surface area contributed by atoms with Crippen LogP contribution in [0, 0.1) is 17.8 Å². The van der Waals surface area contributed by atoms with E-state index in [1.54, 1.807) is 27.7 Å². The van der Waals surface area contributed by atoms with Crippen LogP contribution in [0.5, 0.6) is 0 Å². The zero-order valence-electron chi connectivity index (χ0n) is 19.2. The second-order valence-corrected chi connectivity index (χ2v) is 9.09. The lowest BCUT2D eigenvalue weighted by molar-refractivity contribution is -0.211. The van der Waals surface area contributed by atoms with Crippen LogP contribution in [0.1, 0.15) is 34.6 Å². The fourth-order valence-corrected chi connectivity index (χ4v) is 3.77. The first-order valence-electron chi connectivity index (χ1n) is 10.6. The summed E-state index contributed by atoms with van der Waals surface area (Å²) in [6.07, 6.45) is -3.02. The zero-order valence-corrected chi connectivity index (χ0v) is 19.9. The van der Waals surface area contributed by atoms with Crippen LogP contribution in [0.15, 0.2) is 23.5 Å². The van der Waals surface area contributed by atoms with E-state index in [9.17, 15) is 29.7 Å². The number of halogens is 1. The minimum atomic E-state index is -1.99. The highest BCUT2D eigenvalue weighted by Gasteiger charge is 2.58. The Bertz CT molecular complexity index is 820. The van der Waals surface area contributed by atoms with Crippen molar-refractivity contribution < 1.29 is 48.7 Å². The summed E-state index contributed by atoms with van der Waals surface area (Å²) < 4.78 is 21.2. The van der Waals surface area contributed by atoms with Crippen LogP contribution >= 0.6 is 11.6 Å². The van der Waals surface area contributed by atoms with Crippen molar-refractivity contribution in [2.24, 2.45) is 17.8 Å². The lowest BCUT2D eigenvalue weighted by Gasteiger charge is -2.40. The van der Waals surface area contributed by atoms with E-state index in [2.05, 4.69) is 0 Å². The third kappa shape index (κ3) is 5.87. The van der Waals surface area contributed by atoms with Gasteiger partial charge in [0.15, 0.2) is 18.3 Å². The largest absolute Gasteiger partial charge is 0.461 e. The molecule has 0 fully saturated rings. The van der Waals surface area contributed by atoms with Crippen molar-refractivity contribution in [2.75, 3.05) is 12.5 Å². The number of aliphatic hydroxyl groups excluding tert-OH is 2. The van der Waals surface area contributed by atoms with E-state index in [1.165, 1.54) is 19.3 Å². The monoisotopic (exact) mass is 490 g/mol. The molecule has 2 rings (SSSR count). The number of carbonyl (C=O) groups excluding carboxylic acids is 3. The topological polar surface area (TPSA) is 149 Å². The van der Waals surface area contributed by atoms with Gasteiger partial charge in [0.05, 0.1) is 18.1 Å². The van der Waals surface area contributed by atoms with Gasteiger partial charge in [0.25, 0.3) is 6.29 Å². The molecule has 11 heteroatoms. The summed E-state index contributed by atoms with van der Waals surface area (Å²) in [5.41, 5.74) is -1.33. The Morgan fingerprint density at radius 1 is 1.09 bits per heavy atom. The molecular weight excluding hydrogens is 460 g/mol. The molecule has 3 N–H and O–H groups in total. The Labute approximate surface area is 197 Å². The molecule has 1 aliphatic carbocycles. The van der Waals surface area contributed by atoms with Gasteiger partial charge >= 0.3 is 17.9 Å². The number of ether oxygens (including phenoxy) is 4. The van der Waals surface area contributed by atoms with Gasteiger partial charge in [0.1, 0.15) is 12.2 Å². The highest BCUT2D eigenvalue weighted by Crippen LogP contribution is 2.47. The molecule has 2 aliphatic rings. The van der Waals surface area contributed by atoms with Crippen molar-refractivity contribution in [1.82, 2.24) is 0 Å². The van der Waals surface area contributed by atoms with Crippen molar-refractivity contribution in [3.8, 4) is 0 Å². The number of carbonyl (C=O) groups is 3. The van der Waals surface area contributed by atoms with Crippen molar-refractivity contribution >= 4 is 29.5 Å². The first kappa shape index (κ1) is 27.1. The number of esters is 3. The second kappa shape index (κ2) is 10.9. The minimum absolute atomic E-state index is 0.222. The maximum Gasteiger partial charge on any atom is 0.338 e. The highest BCUT2D eigenvalue weighted by atomic mass is 35.5. The van der Waals surface area contributed by atoms with Crippen LogP contribution < -0.4 is 0 Å². The van der Waals surface area contributed by atoms with Crippen molar-refractivity contribution in [3.63, 3.8) is 0 Å². The number of aliphatic hydroxyl groups is 3. The molecule has 1 heterocycles. The molecule has 6 atom stereocenters. The van der Waals surface area contributed by atoms with Crippen molar-refractivity contribution in [1.29, 1.82) is 0 Å². The number of hydrogen-bond acceptors (Lipinski definition) is 10. The summed E-state index contributed by atoms with van der Waals surface area (Å²) in [7, 11) is 0. The Hall–Kier alpha value is -2.14. The Morgan fingerprint density at radius 2 is 1.64 bits per heavy atom. The molecule has 0 aromatic carbocycles. The zero-order chi connectivity index (χ0) is 25.1. The molecule has 0 saturated carbocycles. The van der Waals surface area contributed by atoms with Gasteiger partial charge in [-0.15, -0.1) is 11.6 Å². The third-order valence-corrected chi connectivity index (χ3v) is 5.98. The molecule has 0 aromatic heterocycles. The number of alkyl halides is 1. The SMILES string of the molecule is CC(=O)OCC1=COC(OC(=O)C(O)C(C)C)C2C1=CC(OC(=O)C(O)C(C)C)C2(O)CCl. The van der Waals surface area contributed by atoms with Crippen LogP contribution in [0.4, 0.5) is 0 Å². The van der Waals surface area contributed by atoms with E-state index in [4.69, 9.17) is 30.5 Å². The maximum absolute atomic E-state index is 12.4. The van der Waals surface area contributed by atoms with Crippen LogP contribution in [0.3, 0.4) is 0 Å². The second-order valence-electron chi connectivity index (χ2n) is 8.82. The first-order valence-corrected chi connectivity index (χ1v) is 11.1. The Morgan fingerprint density at radius 3 is 2.12 bits per heavy atom. The summed E-state index contributed by atoms with van der Waals surface area (Å²) in [6, 6.07) is 0. The smallest absolute Gasteiger partial charge is 0.338 e.